The summed E-state index contributed by atoms with van der Waals surface area (Å²) in [4.78, 5) is 60.0. The molecular weight excluding hydrogens is 618 g/mol. The Morgan fingerprint density at radius 2 is 2.09 bits per heavy atom. The molecular formula is C26H30N6O10P2. The van der Waals surface area contributed by atoms with Crippen LogP contribution in [0.3, 0.4) is 0 Å². The summed E-state index contributed by atoms with van der Waals surface area (Å²) in [5.74, 6) is -0.498. The minimum Gasteiger partial charge on any atom is -0.459 e. The summed E-state index contributed by atoms with van der Waals surface area (Å²) >= 11 is 0. The average Bonchev–Trinajstić information content (AvgIpc) is 3.19. The molecule has 3 heterocycles. The van der Waals surface area contributed by atoms with Crippen molar-refractivity contribution < 1.29 is 46.9 Å². The molecule has 44 heavy (non-hydrogen) atoms. The number of phosphoric acid groups is 1. The lowest BCUT2D eigenvalue weighted by Crippen LogP contribution is -2.46. The fourth-order valence-electron chi connectivity index (χ4n) is 4.29. The summed E-state index contributed by atoms with van der Waals surface area (Å²) in [7, 11) is -7.65. The number of hydrogen-bond donors (Lipinski definition) is 6. The number of pyridine rings is 1. The molecule has 2 atom stereocenters. The third-order valence-electron chi connectivity index (χ3n) is 6.50. The highest BCUT2D eigenvalue weighted by Crippen LogP contribution is 2.48. The molecule has 1 unspecified atom stereocenters. The normalized spacial score (nSPS) is 18.1. The van der Waals surface area contributed by atoms with Gasteiger partial charge in [-0.15, -0.1) is 0 Å². The van der Waals surface area contributed by atoms with Gasteiger partial charge >= 0.3 is 15.6 Å². The molecule has 0 spiro atoms. The molecule has 6 N–H and O–H groups in total. The van der Waals surface area contributed by atoms with Crippen LogP contribution in [0.5, 0.6) is 0 Å². The van der Waals surface area contributed by atoms with E-state index in [9.17, 15) is 33.4 Å². The Labute approximate surface area is 251 Å². The van der Waals surface area contributed by atoms with Crippen LogP contribution in [0.15, 0.2) is 41.0 Å². The Bertz CT molecular complexity index is 1760. The standard InChI is InChI=1S/C26H30N6O10P2/c1-16-19(18-6-4-7-20(23(18)41-16)31-43(35,36)37)14-32(3)22(33)9-8-17-12-21-24(28-13-17)30-25(34)26(2,15-29-21)42-44(38,39)40-11-5-10-27/h4,6-9,12-13,29H,5,11,14-15H2,1-3H3,(H,38,39)(H,28,30,34)(H3,31,35,36,37)/b9-8+/t26-/m1/s1. The van der Waals surface area contributed by atoms with Crippen molar-refractivity contribution >= 4 is 61.6 Å². The second kappa shape index (κ2) is 12.9. The number of para-hydroxylation sites is 1. The first-order chi connectivity index (χ1) is 20.6. The smallest absolute Gasteiger partial charge is 0.459 e. The van der Waals surface area contributed by atoms with Crippen molar-refractivity contribution in [2.45, 2.75) is 32.4 Å². The van der Waals surface area contributed by atoms with Crippen molar-refractivity contribution in [3.8, 4) is 6.07 Å². The van der Waals surface area contributed by atoms with Gasteiger partial charge in [0.25, 0.3) is 5.91 Å². The van der Waals surface area contributed by atoms with Gasteiger partial charge in [0, 0.05) is 36.8 Å². The van der Waals surface area contributed by atoms with Crippen LogP contribution in [0.1, 0.15) is 30.2 Å². The van der Waals surface area contributed by atoms with E-state index in [1.54, 1.807) is 38.2 Å². The van der Waals surface area contributed by atoms with Crippen molar-refractivity contribution in [3.05, 3.63) is 53.4 Å². The SMILES string of the molecule is Cc1oc2c(NP(=O)(O)O)cccc2c1CN(C)C(=O)/C=C/c1cnc2c(c1)NC[C@@](C)(OP(=O)(O)OCCC#N)C(=O)N2. The summed E-state index contributed by atoms with van der Waals surface area (Å²) < 4.78 is 39.4. The van der Waals surface area contributed by atoms with Gasteiger partial charge < -0.3 is 34.6 Å². The van der Waals surface area contributed by atoms with E-state index in [2.05, 4.69) is 20.7 Å². The topological polar surface area (TPSA) is 237 Å². The van der Waals surface area contributed by atoms with Gasteiger partial charge in [-0.05, 0) is 37.6 Å². The minimum absolute atomic E-state index is 0.126. The van der Waals surface area contributed by atoms with Crippen LogP contribution in [0.25, 0.3) is 17.0 Å². The summed E-state index contributed by atoms with van der Waals surface area (Å²) in [6.07, 6.45) is 4.12. The van der Waals surface area contributed by atoms with Crippen LogP contribution in [-0.2, 0) is 34.3 Å². The third kappa shape index (κ3) is 7.90. The van der Waals surface area contributed by atoms with E-state index in [4.69, 9.17) is 18.7 Å². The summed E-state index contributed by atoms with van der Waals surface area (Å²) in [6.45, 7) is 2.56. The number of benzene rings is 1. The Hall–Kier alpha value is -4.06. The zero-order valence-corrected chi connectivity index (χ0v) is 25.6. The lowest BCUT2D eigenvalue weighted by Gasteiger charge is -2.27. The van der Waals surface area contributed by atoms with Crippen LogP contribution < -0.4 is 15.7 Å². The fraction of sp³-hybridized carbons (Fsp3) is 0.308. The Kier molecular flexibility index (Phi) is 9.62. The molecule has 18 heteroatoms. The second-order valence-electron chi connectivity index (χ2n) is 10.0. The molecule has 4 rings (SSSR count). The number of nitrogens with one attached hydrogen (secondary N) is 3. The van der Waals surface area contributed by atoms with Gasteiger partial charge in [-0.1, -0.05) is 12.1 Å². The number of phosphoric ester groups is 1. The second-order valence-corrected chi connectivity index (χ2v) is 12.7. The van der Waals surface area contributed by atoms with Gasteiger partial charge in [0.15, 0.2) is 17.0 Å². The maximum atomic E-state index is 12.9. The van der Waals surface area contributed by atoms with Gasteiger partial charge in [0.1, 0.15) is 5.76 Å². The zero-order valence-electron chi connectivity index (χ0n) is 23.8. The van der Waals surface area contributed by atoms with Gasteiger partial charge in [-0.2, -0.15) is 5.26 Å². The number of furan rings is 1. The molecule has 0 bridgehead atoms. The summed E-state index contributed by atoms with van der Waals surface area (Å²) in [5, 5.41) is 16.8. The van der Waals surface area contributed by atoms with E-state index in [1.807, 2.05) is 0 Å². The van der Waals surface area contributed by atoms with Crippen LogP contribution in [0.2, 0.25) is 0 Å². The summed E-state index contributed by atoms with van der Waals surface area (Å²) in [6, 6.07) is 8.20. The summed E-state index contributed by atoms with van der Waals surface area (Å²) in [5.41, 5.74) is 0.0906. The third-order valence-corrected chi connectivity index (χ3v) is 8.17. The lowest BCUT2D eigenvalue weighted by molar-refractivity contribution is -0.130. The van der Waals surface area contributed by atoms with E-state index >= 15 is 0 Å². The molecule has 0 aliphatic carbocycles. The maximum absolute atomic E-state index is 12.9. The van der Waals surface area contributed by atoms with Gasteiger partial charge in [-0.25, -0.2) is 14.1 Å². The van der Waals surface area contributed by atoms with Crippen LogP contribution in [0, 0.1) is 18.3 Å². The number of aryl methyl sites for hydroxylation is 1. The zero-order chi connectivity index (χ0) is 32.3. The van der Waals surface area contributed by atoms with Gasteiger partial charge in [0.05, 0.1) is 37.0 Å². The van der Waals surface area contributed by atoms with Crippen LogP contribution >= 0.6 is 15.6 Å². The van der Waals surface area contributed by atoms with Gasteiger partial charge in [-0.3, -0.25) is 23.7 Å². The number of carbonyl (C=O) groups excluding carboxylic acids is 2. The van der Waals surface area contributed by atoms with Crippen molar-refractivity contribution in [2.75, 3.05) is 35.9 Å². The molecule has 3 aromatic rings. The van der Waals surface area contributed by atoms with E-state index < -0.39 is 27.1 Å². The number of anilines is 3. The molecule has 1 aliphatic rings. The Morgan fingerprint density at radius 1 is 1.34 bits per heavy atom. The number of hydrogen-bond acceptors (Lipinski definition) is 10. The van der Waals surface area contributed by atoms with Crippen LogP contribution in [0.4, 0.5) is 17.2 Å². The van der Waals surface area contributed by atoms with Crippen molar-refractivity contribution in [1.29, 1.82) is 5.26 Å². The first kappa shape index (κ1) is 32.8. The number of nitrogens with zero attached hydrogens (tertiary/aromatic N) is 3. The number of likely N-dealkylation sites (N-methyl/N-ethyl adjacent to an activating group) is 1. The first-order valence-electron chi connectivity index (χ1n) is 13.0. The Balaban J connectivity index is 1.44. The van der Waals surface area contributed by atoms with E-state index in [0.29, 0.717) is 28.0 Å². The predicted octanol–water partition coefficient (Wildman–Crippen LogP) is 3.48. The number of rotatable bonds is 11. The quantitative estimate of drug-likeness (QED) is 0.0992. The molecule has 0 radical (unpaired) electrons. The maximum Gasteiger partial charge on any atom is 0.473 e. The van der Waals surface area contributed by atoms with Crippen LogP contribution in [-0.4, -0.2) is 62.2 Å². The highest BCUT2D eigenvalue weighted by molar-refractivity contribution is 7.53. The Morgan fingerprint density at radius 3 is 2.80 bits per heavy atom. The van der Waals surface area contributed by atoms with Crippen molar-refractivity contribution in [2.24, 2.45) is 0 Å². The number of nitriles is 1. The molecule has 1 aromatic carbocycles. The molecule has 2 aromatic heterocycles. The fourth-order valence-corrected chi connectivity index (χ4v) is 5.81. The first-order valence-corrected chi connectivity index (χ1v) is 16.1. The average molecular weight is 649 g/mol. The number of fused-ring (bicyclic) bond motifs is 2. The number of aromatic nitrogens is 1. The largest absolute Gasteiger partial charge is 0.473 e. The van der Waals surface area contributed by atoms with E-state index in [-0.39, 0.29) is 49.1 Å². The highest BCUT2D eigenvalue weighted by atomic mass is 31.2. The predicted molar refractivity (Wildman–Crippen MR) is 159 cm³/mol. The molecule has 16 nitrogen and oxygen atoms in total. The molecule has 234 valence electrons. The lowest BCUT2D eigenvalue weighted by atomic mass is 10.1. The molecule has 0 fully saturated rings. The number of amides is 2. The highest BCUT2D eigenvalue weighted by Gasteiger charge is 2.44. The van der Waals surface area contributed by atoms with Crippen molar-refractivity contribution in [1.82, 2.24) is 9.88 Å². The minimum atomic E-state index is -4.66. The molecule has 1 aliphatic heterocycles. The molecule has 0 saturated heterocycles. The molecule has 0 saturated carbocycles. The number of carbonyl (C=O) groups is 2. The monoisotopic (exact) mass is 648 g/mol. The van der Waals surface area contributed by atoms with E-state index in [0.717, 1.165) is 0 Å². The molecule has 2 amide bonds. The van der Waals surface area contributed by atoms with Gasteiger partial charge in [0.2, 0.25) is 5.91 Å². The van der Waals surface area contributed by atoms with Crippen molar-refractivity contribution in [3.63, 3.8) is 0 Å². The van der Waals surface area contributed by atoms with E-state index in [1.165, 1.54) is 36.2 Å².